The van der Waals surface area contributed by atoms with E-state index in [1.54, 1.807) is 20.6 Å². The van der Waals surface area contributed by atoms with Crippen molar-refractivity contribution in [2.24, 2.45) is 0 Å². The summed E-state index contributed by atoms with van der Waals surface area (Å²) in [5.74, 6) is 0. The third-order valence-electron chi connectivity index (χ3n) is 5.17. The summed E-state index contributed by atoms with van der Waals surface area (Å²) in [6, 6.07) is 5.67. The van der Waals surface area contributed by atoms with Gasteiger partial charge in [0.1, 0.15) is 5.51 Å². The topological polar surface area (TPSA) is 58.4 Å². The van der Waals surface area contributed by atoms with E-state index in [4.69, 9.17) is 12.2 Å². The molecule has 0 N–H and O–H groups in total. The minimum absolute atomic E-state index is 0.438. The molecule has 0 unspecified atom stereocenters. The van der Waals surface area contributed by atoms with Gasteiger partial charge in [-0.1, -0.05) is 17.4 Å². The third kappa shape index (κ3) is 3.63. The van der Waals surface area contributed by atoms with Crippen LogP contribution in [0.15, 0.2) is 28.6 Å². The van der Waals surface area contributed by atoms with E-state index in [1.807, 2.05) is 12.1 Å². The Kier molecular flexibility index (Phi) is 5.24. The van der Waals surface area contributed by atoms with Crippen molar-refractivity contribution in [3.05, 3.63) is 38.8 Å². The van der Waals surface area contributed by atoms with E-state index in [1.165, 1.54) is 28.9 Å². The predicted octanol–water partition coefficient (Wildman–Crippen LogP) is 2.52. The Morgan fingerprint density at radius 3 is 2.50 bits per heavy atom. The smallest absolute Gasteiger partial charge is 0.243 e. The summed E-state index contributed by atoms with van der Waals surface area (Å²) >= 11 is 6.67. The summed E-state index contributed by atoms with van der Waals surface area (Å²) in [6.07, 6.45) is 4.40. The lowest BCUT2D eigenvalue weighted by Crippen LogP contribution is -2.48. The Hall–Kier alpha value is -1.13. The standard InChI is InChI=1S/C17H22N4O2S3/c22-26(23,16-6-5-14-3-1-2-4-15(14)11-16)20-9-7-19(8-10-20)13-21-17(24)25-12-18-21/h5-6,11-12H,1-4,7-10,13H2. The molecule has 0 bridgehead atoms. The number of rotatable bonds is 4. The number of aromatic nitrogens is 2. The minimum Gasteiger partial charge on any atom is -0.282 e. The van der Waals surface area contributed by atoms with Crippen LogP contribution in [-0.4, -0.2) is 53.6 Å². The first kappa shape index (κ1) is 18.2. The van der Waals surface area contributed by atoms with Gasteiger partial charge in [-0.15, -0.1) is 0 Å². The Labute approximate surface area is 163 Å². The molecule has 4 rings (SSSR count). The van der Waals surface area contributed by atoms with E-state index >= 15 is 0 Å². The van der Waals surface area contributed by atoms with Crippen molar-refractivity contribution in [1.29, 1.82) is 0 Å². The molecular formula is C17H22N4O2S3. The molecule has 0 saturated carbocycles. The summed E-state index contributed by atoms with van der Waals surface area (Å²) in [5.41, 5.74) is 4.24. The molecule has 0 radical (unpaired) electrons. The first-order chi connectivity index (χ1) is 12.5. The number of sulfonamides is 1. The molecule has 140 valence electrons. The molecule has 1 aromatic heterocycles. The van der Waals surface area contributed by atoms with Crippen molar-refractivity contribution in [2.45, 2.75) is 37.2 Å². The largest absolute Gasteiger partial charge is 0.282 e. The summed E-state index contributed by atoms with van der Waals surface area (Å²) in [5, 5.41) is 4.22. The van der Waals surface area contributed by atoms with Crippen molar-refractivity contribution in [3.63, 3.8) is 0 Å². The van der Waals surface area contributed by atoms with Crippen LogP contribution in [0.5, 0.6) is 0 Å². The number of aryl methyl sites for hydroxylation is 2. The number of benzene rings is 1. The van der Waals surface area contributed by atoms with Crippen LogP contribution in [0.3, 0.4) is 0 Å². The number of piperazine rings is 1. The normalized spacial score (nSPS) is 19.4. The van der Waals surface area contributed by atoms with Crippen LogP contribution in [0.1, 0.15) is 24.0 Å². The van der Waals surface area contributed by atoms with Gasteiger partial charge in [0.15, 0.2) is 3.95 Å². The zero-order chi connectivity index (χ0) is 18.1. The summed E-state index contributed by atoms with van der Waals surface area (Å²) < 4.78 is 30.2. The quantitative estimate of drug-likeness (QED) is 0.725. The van der Waals surface area contributed by atoms with E-state index in [9.17, 15) is 8.42 Å². The first-order valence-electron chi connectivity index (χ1n) is 8.89. The van der Waals surface area contributed by atoms with Crippen LogP contribution < -0.4 is 0 Å². The molecule has 0 amide bonds. The first-order valence-corrected chi connectivity index (χ1v) is 11.6. The average Bonchev–Trinajstić information content (AvgIpc) is 3.06. The van der Waals surface area contributed by atoms with Crippen molar-refractivity contribution < 1.29 is 8.42 Å². The number of hydrogen-bond acceptors (Lipinski definition) is 6. The van der Waals surface area contributed by atoms with E-state index in [-0.39, 0.29) is 0 Å². The van der Waals surface area contributed by atoms with E-state index in [0.717, 1.165) is 23.2 Å². The van der Waals surface area contributed by atoms with Crippen LogP contribution in [0.25, 0.3) is 0 Å². The third-order valence-corrected chi connectivity index (χ3v) is 8.18. The number of hydrogen-bond donors (Lipinski definition) is 0. The Balaban J connectivity index is 1.45. The van der Waals surface area contributed by atoms with Gasteiger partial charge in [0.2, 0.25) is 10.0 Å². The van der Waals surface area contributed by atoms with Gasteiger partial charge in [0.25, 0.3) is 0 Å². The van der Waals surface area contributed by atoms with Crippen LogP contribution in [0.2, 0.25) is 0 Å². The van der Waals surface area contributed by atoms with Gasteiger partial charge in [0, 0.05) is 26.2 Å². The lowest BCUT2D eigenvalue weighted by Gasteiger charge is -2.33. The lowest BCUT2D eigenvalue weighted by atomic mass is 9.92. The Morgan fingerprint density at radius 2 is 1.81 bits per heavy atom. The van der Waals surface area contributed by atoms with Crippen molar-refractivity contribution >= 4 is 33.6 Å². The van der Waals surface area contributed by atoms with Crippen LogP contribution in [-0.2, 0) is 29.5 Å². The second kappa shape index (κ2) is 7.47. The Morgan fingerprint density at radius 1 is 1.08 bits per heavy atom. The van der Waals surface area contributed by atoms with Crippen LogP contribution in [0.4, 0.5) is 0 Å². The van der Waals surface area contributed by atoms with Crippen molar-refractivity contribution in [1.82, 2.24) is 19.0 Å². The zero-order valence-electron chi connectivity index (χ0n) is 14.5. The molecule has 6 nitrogen and oxygen atoms in total. The molecule has 26 heavy (non-hydrogen) atoms. The predicted molar refractivity (Wildman–Crippen MR) is 104 cm³/mol. The minimum atomic E-state index is -3.42. The second-order valence-corrected chi connectivity index (χ2v) is 10.2. The highest BCUT2D eigenvalue weighted by atomic mass is 32.2. The number of fused-ring (bicyclic) bond motifs is 1. The highest BCUT2D eigenvalue weighted by Gasteiger charge is 2.29. The fourth-order valence-corrected chi connectivity index (χ4v) is 5.83. The molecule has 2 heterocycles. The van der Waals surface area contributed by atoms with Gasteiger partial charge in [-0.3, -0.25) is 4.90 Å². The molecule has 2 aliphatic rings. The molecule has 1 aromatic carbocycles. The molecule has 1 saturated heterocycles. The highest BCUT2D eigenvalue weighted by Crippen LogP contribution is 2.26. The molecule has 1 fully saturated rings. The highest BCUT2D eigenvalue weighted by molar-refractivity contribution is 7.89. The maximum atomic E-state index is 13.0. The van der Waals surface area contributed by atoms with Gasteiger partial charge in [-0.05, 0) is 61.2 Å². The number of nitrogens with zero attached hydrogens (tertiary/aromatic N) is 4. The molecule has 9 heteroatoms. The fourth-order valence-electron chi connectivity index (χ4n) is 3.65. The second-order valence-electron chi connectivity index (χ2n) is 6.81. The maximum Gasteiger partial charge on any atom is 0.243 e. The molecule has 2 aromatic rings. The molecular weight excluding hydrogens is 388 g/mol. The van der Waals surface area contributed by atoms with Crippen LogP contribution in [0, 0.1) is 3.95 Å². The lowest BCUT2D eigenvalue weighted by molar-refractivity contribution is 0.145. The fraction of sp³-hybridized carbons (Fsp3) is 0.529. The Bertz CT molecular complexity index is 943. The van der Waals surface area contributed by atoms with Crippen LogP contribution >= 0.6 is 23.6 Å². The SMILES string of the molecule is O=S(=O)(c1ccc2c(c1)CCCC2)N1CCN(Cn2ncsc2=S)CC1. The van der Waals surface area contributed by atoms with E-state index in [2.05, 4.69) is 10.00 Å². The summed E-state index contributed by atoms with van der Waals surface area (Å²) in [6.45, 7) is 2.98. The van der Waals surface area contributed by atoms with E-state index < -0.39 is 10.0 Å². The molecule has 0 spiro atoms. The average molecular weight is 411 g/mol. The van der Waals surface area contributed by atoms with Crippen molar-refractivity contribution in [3.8, 4) is 0 Å². The van der Waals surface area contributed by atoms with Gasteiger partial charge >= 0.3 is 0 Å². The summed E-state index contributed by atoms with van der Waals surface area (Å²) in [4.78, 5) is 2.63. The van der Waals surface area contributed by atoms with E-state index in [0.29, 0.717) is 37.7 Å². The molecule has 0 atom stereocenters. The van der Waals surface area contributed by atoms with Gasteiger partial charge in [-0.25, -0.2) is 13.1 Å². The van der Waals surface area contributed by atoms with Gasteiger partial charge in [0.05, 0.1) is 11.6 Å². The monoisotopic (exact) mass is 410 g/mol. The molecule has 1 aliphatic heterocycles. The maximum absolute atomic E-state index is 13.0. The zero-order valence-corrected chi connectivity index (χ0v) is 17.0. The van der Waals surface area contributed by atoms with Crippen molar-refractivity contribution in [2.75, 3.05) is 26.2 Å². The van der Waals surface area contributed by atoms with Gasteiger partial charge in [-0.2, -0.15) is 9.40 Å². The molecule has 1 aliphatic carbocycles. The summed E-state index contributed by atoms with van der Waals surface area (Å²) in [7, 11) is -3.42. The van der Waals surface area contributed by atoms with Gasteiger partial charge < -0.3 is 0 Å².